The Hall–Kier alpha value is -5.41. The predicted molar refractivity (Wildman–Crippen MR) is 176 cm³/mol. The lowest BCUT2D eigenvalue weighted by Crippen LogP contribution is -2.17. The molecule has 1 N–H and O–H groups in total. The highest BCUT2D eigenvalue weighted by molar-refractivity contribution is 5.92. The third kappa shape index (κ3) is 11.1. The van der Waals surface area contributed by atoms with Gasteiger partial charge in [-0.3, -0.25) is 0 Å². The molecule has 0 saturated heterocycles. The number of aliphatic hydroxyl groups excluding tert-OH is 1. The molecule has 1 aliphatic rings. The van der Waals surface area contributed by atoms with Crippen LogP contribution in [0.2, 0.25) is 0 Å². The Kier molecular flexibility index (Phi) is 13.8. The largest absolute Gasteiger partial charge is 0.494 e. The molecule has 10 heteroatoms. The van der Waals surface area contributed by atoms with Crippen LogP contribution in [0.25, 0.3) is 0 Å². The van der Waals surface area contributed by atoms with Gasteiger partial charge in [0.25, 0.3) is 0 Å². The number of ether oxygens (including phenoxy) is 4. The lowest BCUT2D eigenvalue weighted by Gasteiger charge is -2.17. The SMILES string of the molecule is C=C=COOCCCCOc1ccc(OC(=O)C2=CCc3cc(OC(=O)c4ccc(C(O)CCCOC(=O)C=C)cc4)ccc3C2)cc1. The van der Waals surface area contributed by atoms with E-state index in [9.17, 15) is 19.5 Å². The van der Waals surface area contributed by atoms with Crippen molar-refractivity contribution in [2.24, 2.45) is 0 Å². The standard InChI is InChI=1S/C38H38O10/c1-3-21-45-46-24-6-5-22-43-32-17-19-33(20-18-32)47-38(42)31-14-13-30-26-34(16-15-29(30)25-31)48-37(41)28-11-9-27(10-12-28)35(39)8-7-23-44-36(40)4-2/h4,9-12,14-21,26,35,39H,1-2,5-8,13,22-25H2. The summed E-state index contributed by atoms with van der Waals surface area (Å²) in [7, 11) is 0. The van der Waals surface area contributed by atoms with Crippen LogP contribution in [-0.2, 0) is 36.9 Å². The van der Waals surface area contributed by atoms with Crippen LogP contribution in [0.3, 0.4) is 0 Å². The molecular formula is C38H38O10. The zero-order valence-electron chi connectivity index (χ0n) is 26.6. The summed E-state index contributed by atoms with van der Waals surface area (Å²) < 4.78 is 21.8. The van der Waals surface area contributed by atoms with E-state index in [1.165, 1.54) is 6.26 Å². The summed E-state index contributed by atoms with van der Waals surface area (Å²) >= 11 is 0. The first-order chi connectivity index (χ1) is 23.4. The highest BCUT2D eigenvalue weighted by atomic mass is 17.2. The summed E-state index contributed by atoms with van der Waals surface area (Å²) in [6, 6.07) is 18.7. The van der Waals surface area contributed by atoms with Gasteiger partial charge in [0.2, 0.25) is 0 Å². The second-order valence-corrected chi connectivity index (χ2v) is 10.7. The van der Waals surface area contributed by atoms with Gasteiger partial charge >= 0.3 is 17.9 Å². The molecule has 1 atom stereocenters. The van der Waals surface area contributed by atoms with Gasteiger partial charge in [0.15, 0.2) is 6.26 Å². The van der Waals surface area contributed by atoms with E-state index in [0.717, 1.165) is 30.0 Å². The van der Waals surface area contributed by atoms with Crippen molar-refractivity contribution in [2.75, 3.05) is 19.8 Å². The summed E-state index contributed by atoms with van der Waals surface area (Å²) in [5, 5.41) is 10.4. The van der Waals surface area contributed by atoms with Crippen LogP contribution in [0.5, 0.6) is 17.2 Å². The van der Waals surface area contributed by atoms with E-state index in [1.54, 1.807) is 60.7 Å². The molecule has 10 nitrogen and oxygen atoms in total. The molecule has 0 bridgehead atoms. The Morgan fingerprint density at radius 3 is 2.29 bits per heavy atom. The molecule has 0 amide bonds. The van der Waals surface area contributed by atoms with E-state index in [2.05, 4.69) is 18.9 Å². The van der Waals surface area contributed by atoms with Crippen LogP contribution in [0.1, 0.15) is 58.8 Å². The van der Waals surface area contributed by atoms with E-state index in [1.807, 2.05) is 12.1 Å². The third-order valence-electron chi connectivity index (χ3n) is 7.29. The fourth-order valence-corrected chi connectivity index (χ4v) is 4.72. The number of hydrogen-bond acceptors (Lipinski definition) is 10. The highest BCUT2D eigenvalue weighted by Crippen LogP contribution is 2.28. The van der Waals surface area contributed by atoms with Crippen LogP contribution < -0.4 is 14.2 Å². The van der Waals surface area contributed by atoms with Crippen molar-refractivity contribution in [2.45, 2.75) is 44.6 Å². The van der Waals surface area contributed by atoms with E-state index < -0.39 is 24.0 Å². The van der Waals surface area contributed by atoms with Crippen LogP contribution >= 0.6 is 0 Å². The molecule has 0 fully saturated rings. The monoisotopic (exact) mass is 654 g/mol. The molecule has 0 saturated carbocycles. The molecule has 4 rings (SSSR count). The lowest BCUT2D eigenvalue weighted by molar-refractivity contribution is -0.249. The van der Waals surface area contributed by atoms with Crippen molar-refractivity contribution in [3.63, 3.8) is 0 Å². The minimum atomic E-state index is -0.761. The summed E-state index contributed by atoms with van der Waals surface area (Å²) in [6.45, 7) is 7.82. The maximum atomic E-state index is 12.9. The molecule has 0 radical (unpaired) electrons. The fraction of sp³-hybridized carbons (Fsp3) is 0.263. The Labute approximate surface area is 279 Å². The zero-order chi connectivity index (χ0) is 34.1. The zero-order valence-corrected chi connectivity index (χ0v) is 26.6. The van der Waals surface area contributed by atoms with E-state index in [-0.39, 0.29) is 6.61 Å². The van der Waals surface area contributed by atoms with Crippen molar-refractivity contribution in [3.8, 4) is 17.2 Å². The van der Waals surface area contributed by atoms with Gasteiger partial charge in [-0.15, -0.1) is 0 Å². The third-order valence-corrected chi connectivity index (χ3v) is 7.29. The predicted octanol–water partition coefficient (Wildman–Crippen LogP) is 6.49. The van der Waals surface area contributed by atoms with Crippen molar-refractivity contribution in [3.05, 3.63) is 132 Å². The quantitative estimate of drug-likeness (QED) is 0.0238. The van der Waals surface area contributed by atoms with Crippen molar-refractivity contribution in [1.82, 2.24) is 0 Å². The Balaban J connectivity index is 1.21. The van der Waals surface area contributed by atoms with Gasteiger partial charge in [-0.25, -0.2) is 14.4 Å². The number of carbonyl (C=O) groups is 3. The number of rotatable bonds is 18. The van der Waals surface area contributed by atoms with Crippen LogP contribution in [0.4, 0.5) is 0 Å². The molecule has 1 unspecified atom stereocenters. The molecular weight excluding hydrogens is 616 g/mol. The molecule has 3 aromatic carbocycles. The minimum Gasteiger partial charge on any atom is -0.494 e. The lowest BCUT2D eigenvalue weighted by atomic mass is 9.91. The number of aliphatic hydroxyl groups is 1. The van der Waals surface area contributed by atoms with Gasteiger partial charge in [0.1, 0.15) is 17.2 Å². The number of allylic oxidation sites excluding steroid dienone is 1. The summed E-state index contributed by atoms with van der Waals surface area (Å²) in [4.78, 5) is 46.4. The molecule has 250 valence electrons. The number of esters is 3. The van der Waals surface area contributed by atoms with Crippen molar-refractivity contribution >= 4 is 17.9 Å². The minimum absolute atomic E-state index is 0.185. The number of fused-ring (bicyclic) bond motifs is 1. The second kappa shape index (κ2) is 18.7. The average Bonchev–Trinajstić information content (AvgIpc) is 3.11. The van der Waals surface area contributed by atoms with Gasteiger partial charge in [-0.05, 0) is 97.3 Å². The number of hydrogen-bond donors (Lipinski definition) is 1. The smallest absolute Gasteiger partial charge is 0.343 e. The topological polar surface area (TPSA) is 127 Å². The Bertz CT molecular complexity index is 1630. The van der Waals surface area contributed by atoms with Crippen LogP contribution in [0.15, 0.2) is 110 Å². The maximum absolute atomic E-state index is 12.9. The van der Waals surface area contributed by atoms with E-state index in [0.29, 0.717) is 72.8 Å². The molecule has 0 spiro atoms. The molecule has 0 heterocycles. The normalized spacial score (nSPS) is 12.3. The Morgan fingerprint density at radius 2 is 1.54 bits per heavy atom. The van der Waals surface area contributed by atoms with Crippen molar-refractivity contribution in [1.29, 1.82) is 0 Å². The average molecular weight is 655 g/mol. The van der Waals surface area contributed by atoms with Gasteiger partial charge in [-0.1, -0.05) is 43.2 Å². The first-order valence-electron chi connectivity index (χ1n) is 15.5. The van der Waals surface area contributed by atoms with Crippen molar-refractivity contribution < 1.29 is 48.2 Å². The highest BCUT2D eigenvalue weighted by Gasteiger charge is 2.20. The summed E-state index contributed by atoms with van der Waals surface area (Å²) in [5.41, 5.74) is 5.85. The maximum Gasteiger partial charge on any atom is 0.343 e. The summed E-state index contributed by atoms with van der Waals surface area (Å²) in [6.07, 6.45) is 6.68. The molecule has 0 aliphatic heterocycles. The van der Waals surface area contributed by atoms with E-state index >= 15 is 0 Å². The summed E-state index contributed by atoms with van der Waals surface area (Å²) in [5.74, 6) is 0.00734. The van der Waals surface area contributed by atoms with Gasteiger partial charge in [-0.2, -0.15) is 4.89 Å². The number of benzene rings is 3. The molecule has 0 aromatic heterocycles. The first-order valence-corrected chi connectivity index (χ1v) is 15.5. The van der Waals surface area contributed by atoms with Crippen LogP contribution in [-0.4, -0.2) is 42.8 Å². The van der Waals surface area contributed by atoms with Crippen LogP contribution in [0, 0.1) is 0 Å². The molecule has 1 aliphatic carbocycles. The van der Waals surface area contributed by atoms with Gasteiger partial charge < -0.3 is 28.9 Å². The molecule has 48 heavy (non-hydrogen) atoms. The van der Waals surface area contributed by atoms with Gasteiger partial charge in [0, 0.05) is 18.1 Å². The second-order valence-electron chi connectivity index (χ2n) is 10.7. The first kappa shape index (κ1) is 35.4. The van der Waals surface area contributed by atoms with Gasteiger partial charge in [0.05, 0.1) is 31.5 Å². The van der Waals surface area contributed by atoms with E-state index in [4.69, 9.17) is 28.7 Å². The number of carbonyl (C=O) groups excluding carboxylic acids is 3. The Morgan fingerprint density at radius 1 is 0.833 bits per heavy atom. The number of unbranched alkanes of at least 4 members (excludes halogenated alkanes) is 1. The molecule has 3 aromatic rings. The fourth-order valence-electron chi connectivity index (χ4n) is 4.72.